The largest absolute Gasteiger partial charge is 0.459 e. The second-order valence-electron chi connectivity index (χ2n) is 7.47. The molecule has 1 fully saturated rings. The number of furan rings is 1. The number of nitrogens with zero attached hydrogens (tertiary/aromatic N) is 2. The highest BCUT2D eigenvalue weighted by Gasteiger charge is 2.36. The summed E-state index contributed by atoms with van der Waals surface area (Å²) >= 11 is 0. The van der Waals surface area contributed by atoms with E-state index in [1.165, 1.54) is 11.2 Å². The van der Waals surface area contributed by atoms with Crippen LogP contribution in [0, 0.1) is 5.41 Å². The van der Waals surface area contributed by atoms with Gasteiger partial charge in [0.25, 0.3) is 11.8 Å². The maximum absolute atomic E-state index is 13.2. The van der Waals surface area contributed by atoms with Crippen molar-refractivity contribution in [1.29, 1.82) is 0 Å². The summed E-state index contributed by atoms with van der Waals surface area (Å²) in [6, 6.07) is 10.5. The molecule has 1 atom stereocenters. The summed E-state index contributed by atoms with van der Waals surface area (Å²) in [6.07, 6.45) is 2.22. The van der Waals surface area contributed by atoms with Gasteiger partial charge in [-0.3, -0.25) is 9.59 Å². The van der Waals surface area contributed by atoms with Gasteiger partial charge in [-0.05, 0) is 36.1 Å². The third-order valence-electron chi connectivity index (χ3n) is 5.13. The summed E-state index contributed by atoms with van der Waals surface area (Å²) in [5, 5.41) is 0. The number of likely N-dealkylation sites (tertiary alicyclic amines) is 1. The number of anilines is 1. The van der Waals surface area contributed by atoms with E-state index in [0.29, 0.717) is 24.3 Å². The van der Waals surface area contributed by atoms with E-state index >= 15 is 0 Å². The minimum absolute atomic E-state index is 0.0741. The first-order valence-electron chi connectivity index (χ1n) is 8.77. The van der Waals surface area contributed by atoms with Crippen LogP contribution in [0.15, 0.2) is 47.1 Å². The van der Waals surface area contributed by atoms with Crippen molar-refractivity contribution in [2.24, 2.45) is 11.1 Å². The van der Waals surface area contributed by atoms with Crippen LogP contribution in [0.5, 0.6) is 0 Å². The molecule has 26 heavy (non-hydrogen) atoms. The van der Waals surface area contributed by atoms with Crippen molar-refractivity contribution < 1.29 is 14.0 Å². The molecule has 1 saturated heterocycles. The maximum atomic E-state index is 13.2. The van der Waals surface area contributed by atoms with Gasteiger partial charge in [0.1, 0.15) is 0 Å². The smallest absolute Gasteiger partial charge is 0.293 e. The van der Waals surface area contributed by atoms with E-state index in [-0.39, 0.29) is 29.0 Å². The van der Waals surface area contributed by atoms with E-state index in [4.69, 9.17) is 10.2 Å². The molecule has 6 nitrogen and oxygen atoms in total. The monoisotopic (exact) mass is 355 g/mol. The molecule has 0 bridgehead atoms. The third-order valence-corrected chi connectivity index (χ3v) is 5.13. The minimum Gasteiger partial charge on any atom is -0.459 e. The summed E-state index contributed by atoms with van der Waals surface area (Å²) in [5.74, 6) is -0.143. The summed E-state index contributed by atoms with van der Waals surface area (Å²) in [5.41, 5.74) is 7.11. The van der Waals surface area contributed by atoms with Crippen LogP contribution in [0.4, 0.5) is 5.69 Å². The lowest BCUT2D eigenvalue weighted by Crippen LogP contribution is -2.54. The second kappa shape index (κ2) is 6.96. The predicted molar refractivity (Wildman–Crippen MR) is 100 cm³/mol. The summed E-state index contributed by atoms with van der Waals surface area (Å²) < 4.78 is 5.19. The van der Waals surface area contributed by atoms with Crippen molar-refractivity contribution in [3.63, 3.8) is 0 Å². The standard InChI is InChI=1S/C20H25N3O3/c1-20(2)13-23(11-10-17(20)21)18(24)14-7-4-5-8-15(14)22(3)19(25)16-9-6-12-26-16/h4-9,12,17H,10-11,13,21H2,1-3H3. The number of carbonyl (C=O) groups is 2. The van der Waals surface area contributed by atoms with Crippen LogP contribution in [-0.2, 0) is 0 Å². The van der Waals surface area contributed by atoms with E-state index < -0.39 is 0 Å². The van der Waals surface area contributed by atoms with E-state index in [0.717, 1.165) is 6.42 Å². The van der Waals surface area contributed by atoms with Crippen molar-refractivity contribution >= 4 is 17.5 Å². The maximum Gasteiger partial charge on any atom is 0.293 e. The Balaban J connectivity index is 1.87. The first-order chi connectivity index (χ1) is 12.3. The molecule has 2 N–H and O–H groups in total. The van der Waals surface area contributed by atoms with Crippen LogP contribution in [0.1, 0.15) is 41.2 Å². The number of carbonyl (C=O) groups excluding carboxylic acids is 2. The number of hydrogen-bond donors (Lipinski definition) is 1. The SMILES string of the molecule is CN(C(=O)c1ccco1)c1ccccc1C(=O)N1CCC(N)C(C)(C)C1. The van der Waals surface area contributed by atoms with Gasteiger partial charge >= 0.3 is 0 Å². The second-order valence-corrected chi connectivity index (χ2v) is 7.47. The van der Waals surface area contributed by atoms with Crippen molar-refractivity contribution in [3.8, 4) is 0 Å². The molecule has 0 radical (unpaired) electrons. The highest BCUT2D eigenvalue weighted by molar-refractivity contribution is 6.09. The Kier molecular flexibility index (Phi) is 4.87. The molecule has 2 heterocycles. The molecule has 1 unspecified atom stereocenters. The summed E-state index contributed by atoms with van der Waals surface area (Å²) in [6.45, 7) is 5.37. The average Bonchev–Trinajstić information content (AvgIpc) is 3.16. The molecule has 2 aromatic rings. The molecule has 0 spiro atoms. The molecule has 6 heteroatoms. The van der Waals surface area contributed by atoms with Crippen LogP contribution in [0.2, 0.25) is 0 Å². The summed E-state index contributed by atoms with van der Waals surface area (Å²) in [4.78, 5) is 29.0. The molecular formula is C20H25N3O3. The lowest BCUT2D eigenvalue weighted by Gasteiger charge is -2.42. The van der Waals surface area contributed by atoms with E-state index in [1.54, 1.807) is 31.3 Å². The van der Waals surface area contributed by atoms with Gasteiger partial charge in [0.2, 0.25) is 0 Å². The fraction of sp³-hybridized carbons (Fsp3) is 0.400. The topological polar surface area (TPSA) is 79.8 Å². The number of nitrogens with two attached hydrogens (primary N) is 1. The Labute approximate surface area is 153 Å². The van der Waals surface area contributed by atoms with E-state index in [1.807, 2.05) is 17.0 Å². The van der Waals surface area contributed by atoms with Gasteiger partial charge in [-0.1, -0.05) is 26.0 Å². The average molecular weight is 355 g/mol. The quantitative estimate of drug-likeness (QED) is 0.918. The Bertz CT molecular complexity index is 798. The van der Waals surface area contributed by atoms with Gasteiger partial charge < -0.3 is 20.0 Å². The van der Waals surface area contributed by atoms with Gasteiger partial charge in [-0.15, -0.1) is 0 Å². The highest BCUT2D eigenvalue weighted by atomic mass is 16.3. The fourth-order valence-corrected chi connectivity index (χ4v) is 3.34. The molecule has 138 valence electrons. The van der Waals surface area contributed by atoms with Crippen LogP contribution >= 0.6 is 0 Å². The molecule has 1 aliphatic rings. The Morgan fingerprint density at radius 2 is 1.96 bits per heavy atom. The number of amides is 2. The molecule has 1 aliphatic heterocycles. The third kappa shape index (κ3) is 3.37. The number of hydrogen-bond acceptors (Lipinski definition) is 4. The number of para-hydroxylation sites is 1. The first kappa shape index (κ1) is 18.2. The van der Waals surface area contributed by atoms with Gasteiger partial charge in [0.15, 0.2) is 5.76 Å². The highest BCUT2D eigenvalue weighted by Crippen LogP contribution is 2.30. The van der Waals surface area contributed by atoms with Crippen LogP contribution in [0.25, 0.3) is 0 Å². The Hall–Kier alpha value is -2.60. The van der Waals surface area contributed by atoms with Crippen molar-refractivity contribution in [2.75, 3.05) is 25.0 Å². The molecule has 1 aromatic heterocycles. The minimum atomic E-state index is -0.295. The number of rotatable bonds is 3. The molecule has 1 aromatic carbocycles. The zero-order valence-electron chi connectivity index (χ0n) is 15.4. The molecule has 0 saturated carbocycles. The zero-order valence-corrected chi connectivity index (χ0v) is 15.4. The molecular weight excluding hydrogens is 330 g/mol. The van der Waals surface area contributed by atoms with Gasteiger partial charge in [-0.25, -0.2) is 0 Å². The molecule has 2 amide bonds. The molecule has 0 aliphatic carbocycles. The fourth-order valence-electron chi connectivity index (χ4n) is 3.34. The van der Waals surface area contributed by atoms with E-state index in [2.05, 4.69) is 13.8 Å². The molecule has 3 rings (SSSR count). The predicted octanol–water partition coefficient (Wildman–Crippen LogP) is 2.76. The lowest BCUT2D eigenvalue weighted by atomic mass is 9.79. The van der Waals surface area contributed by atoms with Gasteiger partial charge in [0, 0.05) is 26.2 Å². The first-order valence-corrected chi connectivity index (χ1v) is 8.77. The zero-order chi connectivity index (χ0) is 18.9. The van der Waals surface area contributed by atoms with Crippen LogP contribution in [0.3, 0.4) is 0 Å². The van der Waals surface area contributed by atoms with E-state index in [9.17, 15) is 9.59 Å². The Morgan fingerprint density at radius 1 is 1.23 bits per heavy atom. The number of piperidine rings is 1. The van der Waals surface area contributed by atoms with Crippen molar-refractivity contribution in [3.05, 3.63) is 54.0 Å². The van der Waals surface area contributed by atoms with Crippen molar-refractivity contribution in [2.45, 2.75) is 26.3 Å². The Morgan fingerprint density at radius 3 is 2.62 bits per heavy atom. The summed E-state index contributed by atoms with van der Waals surface area (Å²) in [7, 11) is 1.65. The van der Waals surface area contributed by atoms with Gasteiger partial charge in [0.05, 0.1) is 17.5 Å². The normalized spacial score (nSPS) is 19.2. The number of benzene rings is 1. The lowest BCUT2D eigenvalue weighted by molar-refractivity contribution is 0.0533. The van der Waals surface area contributed by atoms with Gasteiger partial charge in [-0.2, -0.15) is 0 Å². The van der Waals surface area contributed by atoms with Crippen molar-refractivity contribution in [1.82, 2.24) is 4.90 Å². The van der Waals surface area contributed by atoms with Crippen LogP contribution in [-0.4, -0.2) is 42.9 Å². The van der Waals surface area contributed by atoms with Crippen LogP contribution < -0.4 is 10.6 Å².